The minimum Gasteiger partial charge on any atom is -0.488 e. The lowest BCUT2D eigenvalue weighted by atomic mass is 9.99. The summed E-state index contributed by atoms with van der Waals surface area (Å²) in [4.78, 5) is 16.1. The highest BCUT2D eigenvalue weighted by atomic mass is 16.5. The number of ether oxygens (including phenoxy) is 1. The highest BCUT2D eigenvalue weighted by molar-refractivity contribution is 5.96. The molecule has 1 heterocycles. The molecule has 31 heavy (non-hydrogen) atoms. The number of aromatic carboxylic acids is 1. The van der Waals surface area contributed by atoms with Crippen LogP contribution in [0.3, 0.4) is 0 Å². The van der Waals surface area contributed by atoms with E-state index in [1.54, 1.807) is 12.1 Å². The second-order valence-corrected chi connectivity index (χ2v) is 7.42. The Kier molecular flexibility index (Phi) is 5.80. The normalized spacial score (nSPS) is 10.6. The molecule has 0 bridgehead atoms. The lowest BCUT2D eigenvalue weighted by Crippen LogP contribution is -2.01. The zero-order valence-corrected chi connectivity index (χ0v) is 17.5. The number of carbonyl (C=O) groups is 1. The molecule has 0 aliphatic carbocycles. The van der Waals surface area contributed by atoms with Crippen LogP contribution in [0.1, 0.15) is 27.3 Å². The van der Waals surface area contributed by atoms with Crippen molar-refractivity contribution in [2.24, 2.45) is 0 Å². The molecule has 4 heteroatoms. The molecule has 154 valence electrons. The van der Waals surface area contributed by atoms with Gasteiger partial charge >= 0.3 is 5.97 Å². The Morgan fingerprint density at radius 1 is 0.871 bits per heavy atom. The first kappa shape index (κ1) is 20.4. The Bertz CT molecular complexity index is 1220. The number of benzene rings is 3. The highest BCUT2D eigenvalue weighted by Gasteiger charge is 2.13. The number of nitrogens with zero attached hydrogens (tertiary/aromatic N) is 1. The molecule has 4 rings (SSSR count). The van der Waals surface area contributed by atoms with Crippen molar-refractivity contribution in [3.05, 3.63) is 107 Å². The van der Waals surface area contributed by atoms with Gasteiger partial charge in [-0.1, -0.05) is 72.8 Å². The third kappa shape index (κ3) is 4.48. The molecule has 0 unspecified atom stereocenters. The number of carboxylic acids is 1. The van der Waals surface area contributed by atoms with Crippen LogP contribution in [-0.2, 0) is 6.61 Å². The van der Waals surface area contributed by atoms with E-state index in [0.29, 0.717) is 17.7 Å². The number of aryl methyl sites for hydroxylation is 2. The molecular weight excluding hydrogens is 386 g/mol. The number of pyridine rings is 1. The SMILES string of the molecule is Cc1cc(OCc2ccc(-c3ccccc3C(=O)O)cc2)c(-c2ccccc2)c(C)n1. The minimum atomic E-state index is -0.931. The van der Waals surface area contributed by atoms with Crippen molar-refractivity contribution in [1.29, 1.82) is 0 Å². The Labute approximate surface area is 181 Å². The van der Waals surface area contributed by atoms with Crippen LogP contribution in [0.2, 0.25) is 0 Å². The van der Waals surface area contributed by atoms with Gasteiger partial charge < -0.3 is 9.84 Å². The topological polar surface area (TPSA) is 59.4 Å². The largest absolute Gasteiger partial charge is 0.488 e. The summed E-state index contributed by atoms with van der Waals surface area (Å²) >= 11 is 0. The van der Waals surface area contributed by atoms with Crippen LogP contribution in [0, 0.1) is 13.8 Å². The zero-order valence-electron chi connectivity index (χ0n) is 17.5. The van der Waals surface area contributed by atoms with Crippen molar-refractivity contribution in [3.8, 4) is 28.0 Å². The Hall–Kier alpha value is -3.92. The smallest absolute Gasteiger partial charge is 0.336 e. The highest BCUT2D eigenvalue weighted by Crippen LogP contribution is 2.33. The van der Waals surface area contributed by atoms with Crippen LogP contribution in [0.5, 0.6) is 5.75 Å². The lowest BCUT2D eigenvalue weighted by Gasteiger charge is -2.15. The van der Waals surface area contributed by atoms with Gasteiger partial charge in [0.1, 0.15) is 12.4 Å². The summed E-state index contributed by atoms with van der Waals surface area (Å²) < 4.78 is 6.21. The van der Waals surface area contributed by atoms with Crippen molar-refractivity contribution < 1.29 is 14.6 Å². The van der Waals surface area contributed by atoms with Crippen molar-refractivity contribution in [1.82, 2.24) is 4.98 Å². The molecule has 4 aromatic rings. The molecule has 0 amide bonds. The van der Waals surface area contributed by atoms with Crippen LogP contribution < -0.4 is 4.74 Å². The molecule has 0 atom stereocenters. The number of aromatic nitrogens is 1. The van der Waals surface area contributed by atoms with Crippen molar-refractivity contribution >= 4 is 5.97 Å². The van der Waals surface area contributed by atoms with Crippen molar-refractivity contribution in [2.45, 2.75) is 20.5 Å². The zero-order chi connectivity index (χ0) is 21.8. The van der Waals surface area contributed by atoms with Gasteiger partial charge in [0.2, 0.25) is 0 Å². The second-order valence-electron chi connectivity index (χ2n) is 7.42. The number of rotatable bonds is 6. The summed E-state index contributed by atoms with van der Waals surface area (Å²) in [6.07, 6.45) is 0. The molecule has 0 saturated carbocycles. The Balaban J connectivity index is 1.58. The molecule has 1 N–H and O–H groups in total. The summed E-state index contributed by atoms with van der Waals surface area (Å²) in [5.41, 5.74) is 6.77. The molecule has 3 aromatic carbocycles. The van der Waals surface area contributed by atoms with Gasteiger partial charge in [-0.25, -0.2) is 4.79 Å². The van der Waals surface area contributed by atoms with Gasteiger partial charge in [-0.15, -0.1) is 0 Å². The summed E-state index contributed by atoms with van der Waals surface area (Å²) in [5.74, 6) is -0.128. The standard InChI is InChI=1S/C27H23NO3/c1-18-16-25(26(19(2)28-18)22-8-4-3-5-9-22)31-17-20-12-14-21(15-13-20)23-10-6-7-11-24(23)27(29)30/h3-16H,17H2,1-2H3,(H,29,30). The Morgan fingerprint density at radius 2 is 1.55 bits per heavy atom. The molecular formula is C27H23NO3. The van der Waals surface area contributed by atoms with Gasteiger partial charge in [-0.3, -0.25) is 4.98 Å². The maximum atomic E-state index is 11.5. The molecule has 0 aliphatic rings. The maximum Gasteiger partial charge on any atom is 0.336 e. The summed E-state index contributed by atoms with van der Waals surface area (Å²) in [6.45, 7) is 4.36. The second kappa shape index (κ2) is 8.84. The predicted molar refractivity (Wildman–Crippen MR) is 122 cm³/mol. The average Bonchev–Trinajstić information content (AvgIpc) is 2.78. The van der Waals surface area contributed by atoms with Crippen molar-refractivity contribution in [3.63, 3.8) is 0 Å². The molecule has 0 fully saturated rings. The molecule has 0 aliphatic heterocycles. The lowest BCUT2D eigenvalue weighted by molar-refractivity contribution is 0.0697. The fraction of sp³-hybridized carbons (Fsp3) is 0.111. The first-order valence-corrected chi connectivity index (χ1v) is 10.1. The molecule has 0 spiro atoms. The van der Waals surface area contributed by atoms with Gasteiger partial charge in [0, 0.05) is 23.0 Å². The van der Waals surface area contributed by atoms with E-state index in [0.717, 1.165) is 39.4 Å². The average molecular weight is 409 g/mol. The first-order chi connectivity index (χ1) is 15.0. The van der Waals surface area contributed by atoms with E-state index in [2.05, 4.69) is 17.1 Å². The quantitative estimate of drug-likeness (QED) is 0.405. The fourth-order valence-corrected chi connectivity index (χ4v) is 3.73. The third-order valence-electron chi connectivity index (χ3n) is 5.17. The third-order valence-corrected chi connectivity index (χ3v) is 5.17. The van der Waals surface area contributed by atoms with Crippen LogP contribution in [0.15, 0.2) is 84.9 Å². The van der Waals surface area contributed by atoms with Crippen molar-refractivity contribution in [2.75, 3.05) is 0 Å². The summed E-state index contributed by atoms with van der Waals surface area (Å²) in [6, 6.07) is 26.9. The van der Waals surface area contributed by atoms with Gasteiger partial charge in [-0.05, 0) is 42.2 Å². The number of carboxylic acid groups (broad SMARTS) is 1. The number of hydrogen-bond acceptors (Lipinski definition) is 3. The molecule has 4 nitrogen and oxygen atoms in total. The van der Waals surface area contributed by atoms with Gasteiger partial charge in [0.05, 0.1) is 5.56 Å². The minimum absolute atomic E-state index is 0.293. The van der Waals surface area contributed by atoms with Crippen LogP contribution in [0.25, 0.3) is 22.3 Å². The van der Waals surface area contributed by atoms with E-state index in [1.165, 1.54) is 0 Å². The van der Waals surface area contributed by atoms with Crippen LogP contribution in [-0.4, -0.2) is 16.1 Å². The van der Waals surface area contributed by atoms with E-state index < -0.39 is 5.97 Å². The van der Waals surface area contributed by atoms with E-state index in [1.807, 2.05) is 74.5 Å². The van der Waals surface area contributed by atoms with Crippen LogP contribution >= 0.6 is 0 Å². The van der Waals surface area contributed by atoms with E-state index in [-0.39, 0.29) is 0 Å². The molecule has 0 radical (unpaired) electrons. The van der Waals surface area contributed by atoms with Crippen LogP contribution in [0.4, 0.5) is 0 Å². The Morgan fingerprint density at radius 3 is 2.26 bits per heavy atom. The fourth-order valence-electron chi connectivity index (χ4n) is 3.73. The number of hydrogen-bond donors (Lipinski definition) is 1. The molecule has 1 aromatic heterocycles. The van der Waals surface area contributed by atoms with E-state index >= 15 is 0 Å². The van der Waals surface area contributed by atoms with E-state index in [9.17, 15) is 9.90 Å². The summed E-state index contributed by atoms with van der Waals surface area (Å²) in [5, 5.41) is 9.43. The van der Waals surface area contributed by atoms with Gasteiger partial charge in [-0.2, -0.15) is 0 Å². The predicted octanol–water partition coefficient (Wildman–Crippen LogP) is 6.31. The van der Waals surface area contributed by atoms with E-state index in [4.69, 9.17) is 4.74 Å². The first-order valence-electron chi connectivity index (χ1n) is 10.1. The maximum absolute atomic E-state index is 11.5. The monoisotopic (exact) mass is 409 g/mol. The summed E-state index contributed by atoms with van der Waals surface area (Å²) in [7, 11) is 0. The van der Waals surface area contributed by atoms with Gasteiger partial charge in [0.25, 0.3) is 0 Å². The van der Waals surface area contributed by atoms with Gasteiger partial charge in [0.15, 0.2) is 0 Å². The molecule has 0 saturated heterocycles.